The van der Waals surface area contributed by atoms with Crippen LogP contribution in [-0.4, -0.2) is 59.5 Å². The van der Waals surface area contributed by atoms with E-state index in [1.807, 2.05) is 11.9 Å². The summed E-state index contributed by atoms with van der Waals surface area (Å²) in [5, 5.41) is 8.92. The molecule has 0 radical (unpaired) electrons. The number of hydrogen-bond acceptors (Lipinski definition) is 3. The summed E-state index contributed by atoms with van der Waals surface area (Å²) in [6.07, 6.45) is 1.15. The number of likely N-dealkylation sites (N-methyl/N-ethyl adjacent to an activating group) is 1. The average molecular weight is 198 g/mol. The first kappa shape index (κ1) is 10.7. The zero-order chi connectivity index (χ0) is 10.7. The van der Waals surface area contributed by atoms with Crippen LogP contribution < -0.4 is 0 Å². The minimum Gasteiger partial charge on any atom is -0.480 e. The number of amides is 1. The van der Waals surface area contributed by atoms with E-state index < -0.39 is 12.0 Å². The van der Waals surface area contributed by atoms with Gasteiger partial charge in [-0.2, -0.15) is 0 Å². The van der Waals surface area contributed by atoms with Gasteiger partial charge >= 0.3 is 5.97 Å². The van der Waals surface area contributed by atoms with E-state index >= 15 is 0 Å². The highest BCUT2D eigenvalue weighted by atomic mass is 16.4. The van der Waals surface area contributed by atoms with Crippen molar-refractivity contribution in [3.8, 4) is 0 Å². The summed E-state index contributed by atoms with van der Waals surface area (Å²) < 4.78 is 0. The van der Waals surface area contributed by atoms with Crippen LogP contribution in [0.15, 0.2) is 12.7 Å². The first-order valence-electron chi connectivity index (χ1n) is 4.40. The van der Waals surface area contributed by atoms with Gasteiger partial charge < -0.3 is 14.9 Å². The van der Waals surface area contributed by atoms with Crippen LogP contribution in [0.2, 0.25) is 0 Å². The highest BCUT2D eigenvalue weighted by Crippen LogP contribution is 2.09. The van der Waals surface area contributed by atoms with Crippen LogP contribution in [-0.2, 0) is 9.59 Å². The summed E-state index contributed by atoms with van der Waals surface area (Å²) in [5.41, 5.74) is 0. The maximum Gasteiger partial charge on any atom is 0.327 e. The fraction of sp³-hybridized carbons (Fsp3) is 0.556. The largest absolute Gasteiger partial charge is 0.480 e. The van der Waals surface area contributed by atoms with E-state index in [-0.39, 0.29) is 5.91 Å². The number of rotatable bonds is 2. The lowest BCUT2D eigenvalue weighted by molar-refractivity contribution is -0.151. The van der Waals surface area contributed by atoms with Gasteiger partial charge in [-0.05, 0) is 13.1 Å². The Balaban J connectivity index is 2.77. The third kappa shape index (κ3) is 2.11. The molecule has 78 valence electrons. The molecule has 0 aromatic carbocycles. The van der Waals surface area contributed by atoms with Crippen molar-refractivity contribution in [3.05, 3.63) is 12.7 Å². The molecule has 0 aromatic heterocycles. The summed E-state index contributed by atoms with van der Waals surface area (Å²) in [5.74, 6) is -1.28. The maximum absolute atomic E-state index is 11.3. The Bertz CT molecular complexity index is 265. The second-order valence-electron chi connectivity index (χ2n) is 3.35. The lowest BCUT2D eigenvalue weighted by atomic mass is 10.1. The molecule has 1 atom stereocenters. The van der Waals surface area contributed by atoms with E-state index in [9.17, 15) is 9.59 Å². The Labute approximate surface area is 82.6 Å². The first-order chi connectivity index (χ1) is 6.56. The van der Waals surface area contributed by atoms with Gasteiger partial charge in [-0.15, -0.1) is 0 Å². The Morgan fingerprint density at radius 1 is 1.50 bits per heavy atom. The maximum atomic E-state index is 11.3. The van der Waals surface area contributed by atoms with Crippen molar-refractivity contribution in [2.24, 2.45) is 0 Å². The van der Waals surface area contributed by atoms with Crippen LogP contribution in [0.1, 0.15) is 0 Å². The molecule has 1 unspecified atom stereocenters. The number of carboxylic acid groups (broad SMARTS) is 1. The Kier molecular flexibility index (Phi) is 3.24. The summed E-state index contributed by atoms with van der Waals surface area (Å²) >= 11 is 0. The van der Waals surface area contributed by atoms with Crippen LogP contribution in [0, 0.1) is 0 Å². The van der Waals surface area contributed by atoms with Crippen LogP contribution in [0.3, 0.4) is 0 Å². The monoisotopic (exact) mass is 198 g/mol. The Morgan fingerprint density at radius 2 is 2.14 bits per heavy atom. The molecule has 0 saturated carbocycles. The number of piperazine rings is 1. The molecule has 5 nitrogen and oxygen atoms in total. The van der Waals surface area contributed by atoms with E-state index in [2.05, 4.69) is 6.58 Å². The minimum absolute atomic E-state index is 0.314. The highest BCUT2D eigenvalue weighted by molar-refractivity contribution is 5.91. The molecule has 0 bridgehead atoms. The predicted octanol–water partition coefficient (Wildman–Crippen LogP) is -0.600. The van der Waals surface area contributed by atoms with Gasteiger partial charge in [-0.3, -0.25) is 4.79 Å². The van der Waals surface area contributed by atoms with Crippen molar-refractivity contribution in [1.82, 2.24) is 9.80 Å². The van der Waals surface area contributed by atoms with Gasteiger partial charge in [0.15, 0.2) is 0 Å². The number of carbonyl (C=O) groups is 2. The second kappa shape index (κ2) is 4.23. The third-order valence-electron chi connectivity index (χ3n) is 2.33. The van der Waals surface area contributed by atoms with Crippen molar-refractivity contribution in [2.75, 3.05) is 26.7 Å². The molecule has 1 amide bonds. The molecule has 1 N–H and O–H groups in total. The Hall–Kier alpha value is -1.36. The molecule has 5 heteroatoms. The zero-order valence-corrected chi connectivity index (χ0v) is 8.14. The van der Waals surface area contributed by atoms with Crippen molar-refractivity contribution in [1.29, 1.82) is 0 Å². The summed E-state index contributed by atoms with van der Waals surface area (Å²) in [6.45, 7) is 4.86. The minimum atomic E-state index is -0.966. The lowest BCUT2D eigenvalue weighted by Crippen LogP contribution is -2.56. The molecule has 1 aliphatic heterocycles. The molecule has 1 saturated heterocycles. The smallest absolute Gasteiger partial charge is 0.327 e. The fourth-order valence-corrected chi connectivity index (χ4v) is 1.51. The number of aliphatic carboxylic acids is 1. The average Bonchev–Trinajstić information content (AvgIpc) is 2.16. The number of hydrogen-bond donors (Lipinski definition) is 1. The molecular weight excluding hydrogens is 184 g/mol. The molecule has 1 rings (SSSR count). The van der Waals surface area contributed by atoms with Crippen LogP contribution >= 0.6 is 0 Å². The van der Waals surface area contributed by atoms with Gasteiger partial charge in [0.1, 0.15) is 6.04 Å². The number of nitrogens with zero attached hydrogens (tertiary/aromatic N) is 2. The molecular formula is C9H14N2O3. The molecule has 0 spiro atoms. The third-order valence-corrected chi connectivity index (χ3v) is 2.33. The summed E-state index contributed by atoms with van der Waals surface area (Å²) in [4.78, 5) is 25.4. The SMILES string of the molecule is C=CC(=O)N1CCN(C)CC1C(=O)O. The molecule has 0 aliphatic carbocycles. The zero-order valence-electron chi connectivity index (χ0n) is 8.14. The van der Waals surface area contributed by atoms with Crippen molar-refractivity contribution < 1.29 is 14.7 Å². The first-order valence-corrected chi connectivity index (χ1v) is 4.40. The summed E-state index contributed by atoms with van der Waals surface area (Å²) in [7, 11) is 1.84. The van der Waals surface area contributed by atoms with E-state index in [1.165, 1.54) is 4.90 Å². The van der Waals surface area contributed by atoms with Crippen LogP contribution in [0.5, 0.6) is 0 Å². The van der Waals surface area contributed by atoms with Crippen molar-refractivity contribution >= 4 is 11.9 Å². The summed E-state index contributed by atoms with van der Waals surface area (Å²) in [6, 6.07) is -0.751. The van der Waals surface area contributed by atoms with Crippen LogP contribution in [0.4, 0.5) is 0 Å². The van der Waals surface area contributed by atoms with E-state index in [0.717, 1.165) is 6.08 Å². The number of carbonyl (C=O) groups excluding carboxylic acids is 1. The fourth-order valence-electron chi connectivity index (χ4n) is 1.51. The van der Waals surface area contributed by atoms with Crippen LogP contribution in [0.25, 0.3) is 0 Å². The van der Waals surface area contributed by atoms with Gasteiger partial charge in [0.05, 0.1) is 0 Å². The quantitative estimate of drug-likeness (QED) is 0.602. The van der Waals surface area contributed by atoms with Gasteiger partial charge in [0.2, 0.25) is 5.91 Å². The predicted molar refractivity (Wildman–Crippen MR) is 50.8 cm³/mol. The molecule has 1 fully saturated rings. The van der Waals surface area contributed by atoms with Crippen molar-refractivity contribution in [2.45, 2.75) is 6.04 Å². The van der Waals surface area contributed by atoms with E-state index in [1.54, 1.807) is 0 Å². The normalized spacial score (nSPS) is 23.2. The molecule has 0 aromatic rings. The second-order valence-corrected chi connectivity index (χ2v) is 3.35. The van der Waals surface area contributed by atoms with Gasteiger partial charge in [0.25, 0.3) is 0 Å². The van der Waals surface area contributed by atoms with Gasteiger partial charge in [-0.25, -0.2) is 4.79 Å². The van der Waals surface area contributed by atoms with Gasteiger partial charge in [0, 0.05) is 19.6 Å². The number of carboxylic acids is 1. The van der Waals surface area contributed by atoms with Gasteiger partial charge in [-0.1, -0.05) is 6.58 Å². The Morgan fingerprint density at radius 3 is 2.64 bits per heavy atom. The molecule has 14 heavy (non-hydrogen) atoms. The molecule has 1 aliphatic rings. The molecule has 1 heterocycles. The topological polar surface area (TPSA) is 60.9 Å². The van der Waals surface area contributed by atoms with Crippen molar-refractivity contribution in [3.63, 3.8) is 0 Å². The standard InChI is InChI=1S/C9H14N2O3/c1-3-8(12)11-5-4-10(2)6-7(11)9(13)14/h3,7H,1,4-6H2,2H3,(H,13,14). The van der Waals surface area contributed by atoms with E-state index in [4.69, 9.17) is 5.11 Å². The van der Waals surface area contributed by atoms with E-state index in [0.29, 0.717) is 19.6 Å². The lowest BCUT2D eigenvalue weighted by Gasteiger charge is -2.36. The highest BCUT2D eigenvalue weighted by Gasteiger charge is 2.32.